The molecule has 31 heavy (non-hydrogen) atoms. The molecule has 0 N–H and O–H groups in total. The largest absolute Gasteiger partial charge is 0.464 e. The van der Waals surface area contributed by atoms with Crippen LogP contribution >= 0.6 is 0 Å². The van der Waals surface area contributed by atoms with Gasteiger partial charge in [-0.1, -0.05) is 12.1 Å². The predicted octanol–water partition coefficient (Wildman–Crippen LogP) is 2.71. The molecule has 0 spiro atoms. The molecule has 1 aliphatic heterocycles. The van der Waals surface area contributed by atoms with Gasteiger partial charge in [0.1, 0.15) is 5.58 Å². The summed E-state index contributed by atoms with van der Waals surface area (Å²) in [4.78, 5) is 40.2. The molecule has 8 nitrogen and oxygen atoms in total. The smallest absolute Gasteiger partial charge is 0.310 e. The van der Waals surface area contributed by atoms with E-state index < -0.39 is 5.97 Å². The number of aryl methyl sites for hydroxylation is 2. The van der Waals surface area contributed by atoms with Gasteiger partial charge in [0.25, 0.3) is 11.8 Å². The Bertz CT molecular complexity index is 1110. The van der Waals surface area contributed by atoms with E-state index in [0.29, 0.717) is 26.2 Å². The van der Waals surface area contributed by atoms with Gasteiger partial charge in [-0.25, -0.2) is 0 Å². The van der Waals surface area contributed by atoms with Crippen molar-refractivity contribution in [3.05, 3.63) is 59.2 Å². The van der Waals surface area contributed by atoms with Crippen molar-refractivity contribution in [2.75, 3.05) is 32.8 Å². The number of carbonyl (C=O) groups excluding carboxylic acids is 3. The Morgan fingerprint density at radius 1 is 1.00 bits per heavy atom. The molecule has 8 heteroatoms. The maximum absolute atomic E-state index is 12.4. The van der Waals surface area contributed by atoms with E-state index in [1.54, 1.807) is 28.2 Å². The summed E-state index contributed by atoms with van der Waals surface area (Å²) in [6.07, 6.45) is 3.06. The molecular weight excluding hydrogens is 400 g/mol. The minimum atomic E-state index is -0.485. The zero-order chi connectivity index (χ0) is 22.0. The van der Waals surface area contributed by atoms with Crippen molar-refractivity contribution in [3.63, 3.8) is 0 Å². The van der Waals surface area contributed by atoms with Gasteiger partial charge in [-0.3, -0.25) is 14.4 Å². The fraction of sp³-hybridized carbons (Fsp3) is 0.348. The number of carbonyl (C=O) groups is 3. The third-order valence-electron chi connectivity index (χ3n) is 5.68. The van der Waals surface area contributed by atoms with Gasteiger partial charge in [0.2, 0.25) is 0 Å². The zero-order valence-electron chi connectivity index (χ0n) is 17.6. The van der Waals surface area contributed by atoms with Gasteiger partial charge in [0.15, 0.2) is 12.4 Å². The summed E-state index contributed by atoms with van der Waals surface area (Å²) in [6.45, 7) is 5.23. The SMILES string of the molecule is Cc1ccc2c(CC(=O)OCC(=O)N3CCN(C(=O)c4ccco4)CC3)coc2c1C. The first-order valence-corrected chi connectivity index (χ1v) is 10.2. The highest BCUT2D eigenvalue weighted by molar-refractivity contribution is 5.92. The lowest BCUT2D eigenvalue weighted by Crippen LogP contribution is -2.51. The van der Waals surface area contributed by atoms with Gasteiger partial charge in [-0.05, 0) is 37.1 Å². The van der Waals surface area contributed by atoms with Crippen LogP contribution < -0.4 is 0 Å². The van der Waals surface area contributed by atoms with E-state index in [2.05, 4.69) is 0 Å². The van der Waals surface area contributed by atoms with E-state index in [1.807, 2.05) is 26.0 Å². The number of esters is 1. The van der Waals surface area contributed by atoms with Crippen LogP contribution in [0.15, 0.2) is 45.6 Å². The lowest BCUT2D eigenvalue weighted by molar-refractivity contribution is -0.152. The van der Waals surface area contributed by atoms with Crippen molar-refractivity contribution >= 4 is 28.8 Å². The number of furan rings is 2. The molecule has 1 saturated heterocycles. The van der Waals surface area contributed by atoms with Gasteiger partial charge in [0, 0.05) is 37.1 Å². The number of nitrogens with zero attached hydrogens (tertiary/aromatic N) is 2. The third-order valence-corrected chi connectivity index (χ3v) is 5.68. The Morgan fingerprint density at radius 2 is 1.74 bits per heavy atom. The molecule has 0 bridgehead atoms. The highest BCUT2D eigenvalue weighted by atomic mass is 16.5. The molecule has 3 heterocycles. The Balaban J connectivity index is 1.26. The summed E-state index contributed by atoms with van der Waals surface area (Å²) in [5, 5.41) is 0.878. The van der Waals surface area contributed by atoms with Crippen LogP contribution in [0.3, 0.4) is 0 Å². The van der Waals surface area contributed by atoms with Crippen molar-refractivity contribution < 1.29 is 28.0 Å². The minimum absolute atomic E-state index is 0.0359. The van der Waals surface area contributed by atoms with Crippen LogP contribution in [0.4, 0.5) is 0 Å². The summed E-state index contributed by atoms with van der Waals surface area (Å²) in [5.74, 6) is -0.671. The Labute approximate surface area is 179 Å². The van der Waals surface area contributed by atoms with Crippen LogP contribution in [0.5, 0.6) is 0 Å². The molecule has 1 aromatic carbocycles. The van der Waals surface area contributed by atoms with Gasteiger partial charge in [-0.2, -0.15) is 0 Å². The summed E-state index contributed by atoms with van der Waals surface area (Å²) < 4.78 is 15.9. The lowest BCUT2D eigenvalue weighted by Gasteiger charge is -2.34. The second-order valence-corrected chi connectivity index (χ2v) is 7.63. The van der Waals surface area contributed by atoms with E-state index in [4.69, 9.17) is 13.6 Å². The van der Waals surface area contributed by atoms with Crippen molar-refractivity contribution in [1.82, 2.24) is 9.80 Å². The van der Waals surface area contributed by atoms with Crippen LogP contribution in [-0.2, 0) is 20.7 Å². The molecule has 0 aliphatic carbocycles. The molecule has 2 aromatic heterocycles. The number of amides is 2. The number of rotatable bonds is 5. The van der Waals surface area contributed by atoms with E-state index in [0.717, 1.165) is 27.7 Å². The van der Waals surface area contributed by atoms with E-state index >= 15 is 0 Å². The van der Waals surface area contributed by atoms with Crippen LogP contribution in [0, 0.1) is 13.8 Å². The second-order valence-electron chi connectivity index (χ2n) is 7.63. The number of ether oxygens (including phenoxy) is 1. The van der Waals surface area contributed by atoms with E-state index in [9.17, 15) is 14.4 Å². The van der Waals surface area contributed by atoms with Gasteiger partial charge >= 0.3 is 5.97 Å². The molecule has 0 unspecified atom stereocenters. The predicted molar refractivity (Wildman–Crippen MR) is 112 cm³/mol. The lowest BCUT2D eigenvalue weighted by atomic mass is 10.0. The van der Waals surface area contributed by atoms with E-state index in [-0.39, 0.29) is 30.6 Å². The number of benzene rings is 1. The van der Waals surface area contributed by atoms with Crippen molar-refractivity contribution in [1.29, 1.82) is 0 Å². The van der Waals surface area contributed by atoms with E-state index in [1.165, 1.54) is 6.26 Å². The Hall–Kier alpha value is -3.55. The van der Waals surface area contributed by atoms with Crippen LogP contribution in [0.2, 0.25) is 0 Å². The summed E-state index contributed by atoms with van der Waals surface area (Å²) in [6, 6.07) is 7.20. The van der Waals surface area contributed by atoms with Crippen molar-refractivity contribution in [2.45, 2.75) is 20.3 Å². The van der Waals surface area contributed by atoms with Crippen LogP contribution in [0.1, 0.15) is 27.2 Å². The average molecular weight is 424 g/mol. The Kier molecular flexibility index (Phi) is 5.79. The topological polar surface area (TPSA) is 93.2 Å². The van der Waals surface area contributed by atoms with Crippen LogP contribution in [0.25, 0.3) is 11.0 Å². The first kappa shape index (κ1) is 20.7. The van der Waals surface area contributed by atoms with Crippen molar-refractivity contribution in [3.8, 4) is 0 Å². The molecule has 2 amide bonds. The molecule has 0 radical (unpaired) electrons. The standard InChI is InChI=1S/C23H24N2O6/c1-15-5-6-18-17(13-31-22(18)16(15)2)12-21(27)30-14-20(26)24-7-9-25(10-8-24)23(28)19-4-3-11-29-19/h3-6,11,13H,7-10,12,14H2,1-2H3. The van der Waals surface area contributed by atoms with Gasteiger partial charge in [0.05, 0.1) is 18.9 Å². The fourth-order valence-corrected chi connectivity index (χ4v) is 3.68. The van der Waals surface area contributed by atoms with Gasteiger partial charge < -0.3 is 23.4 Å². The van der Waals surface area contributed by atoms with Gasteiger partial charge in [-0.15, -0.1) is 0 Å². The number of fused-ring (bicyclic) bond motifs is 1. The zero-order valence-corrected chi connectivity index (χ0v) is 17.6. The molecule has 0 saturated carbocycles. The maximum Gasteiger partial charge on any atom is 0.310 e. The third kappa shape index (κ3) is 4.33. The Morgan fingerprint density at radius 3 is 2.45 bits per heavy atom. The van der Waals surface area contributed by atoms with Crippen LogP contribution in [-0.4, -0.2) is 60.4 Å². The van der Waals surface area contributed by atoms with Crippen molar-refractivity contribution in [2.24, 2.45) is 0 Å². The average Bonchev–Trinajstić information content (AvgIpc) is 3.45. The molecule has 0 atom stereocenters. The molecule has 4 rings (SSSR count). The summed E-state index contributed by atoms with van der Waals surface area (Å²) in [5.41, 5.74) is 3.66. The summed E-state index contributed by atoms with van der Waals surface area (Å²) in [7, 11) is 0. The molecule has 1 aliphatic rings. The quantitative estimate of drug-likeness (QED) is 0.585. The molecule has 162 valence electrons. The second kappa shape index (κ2) is 8.67. The highest BCUT2D eigenvalue weighted by Crippen LogP contribution is 2.26. The monoisotopic (exact) mass is 424 g/mol. The summed E-state index contributed by atoms with van der Waals surface area (Å²) >= 11 is 0. The molecule has 3 aromatic rings. The molecule has 1 fully saturated rings. The first-order chi connectivity index (χ1) is 14.9. The first-order valence-electron chi connectivity index (χ1n) is 10.2. The maximum atomic E-state index is 12.4. The fourth-order valence-electron chi connectivity index (χ4n) is 3.68. The highest BCUT2D eigenvalue weighted by Gasteiger charge is 2.26. The molecular formula is C23H24N2O6. The normalized spacial score (nSPS) is 14.1. The number of hydrogen-bond donors (Lipinski definition) is 0. The number of piperazine rings is 1. The number of hydrogen-bond acceptors (Lipinski definition) is 6. The minimum Gasteiger partial charge on any atom is -0.464 e.